The molecule has 2 atom stereocenters. The SMILES string of the molecule is CO[C@@H]1CN[C@@H](C(=O)NCCCSc2ccccc2)C1. The second-order valence-corrected chi connectivity index (χ2v) is 6.03. The Balaban J connectivity index is 1.56. The van der Waals surface area contributed by atoms with Gasteiger partial charge in [-0.25, -0.2) is 0 Å². The molecule has 1 fully saturated rings. The summed E-state index contributed by atoms with van der Waals surface area (Å²) in [6.45, 7) is 1.49. The lowest BCUT2D eigenvalue weighted by Gasteiger charge is -2.11. The molecule has 20 heavy (non-hydrogen) atoms. The molecule has 4 nitrogen and oxygen atoms in total. The van der Waals surface area contributed by atoms with Gasteiger partial charge in [-0.1, -0.05) is 18.2 Å². The minimum atomic E-state index is -0.0956. The van der Waals surface area contributed by atoms with E-state index in [2.05, 4.69) is 22.8 Å². The minimum Gasteiger partial charge on any atom is -0.380 e. The maximum absolute atomic E-state index is 11.9. The number of ether oxygens (including phenoxy) is 1. The Labute approximate surface area is 124 Å². The van der Waals surface area contributed by atoms with Crippen molar-refractivity contribution in [2.24, 2.45) is 0 Å². The van der Waals surface area contributed by atoms with Crippen molar-refractivity contribution in [3.8, 4) is 0 Å². The van der Waals surface area contributed by atoms with Crippen LogP contribution in [-0.2, 0) is 9.53 Å². The van der Waals surface area contributed by atoms with Gasteiger partial charge in [0.1, 0.15) is 0 Å². The Morgan fingerprint density at radius 3 is 2.95 bits per heavy atom. The van der Waals surface area contributed by atoms with Crippen LogP contribution in [0.4, 0.5) is 0 Å². The average molecular weight is 294 g/mol. The largest absolute Gasteiger partial charge is 0.380 e. The molecule has 1 aromatic carbocycles. The molecule has 0 aliphatic carbocycles. The third kappa shape index (κ3) is 4.81. The maximum atomic E-state index is 11.9. The van der Waals surface area contributed by atoms with Gasteiger partial charge in [-0.2, -0.15) is 0 Å². The van der Waals surface area contributed by atoms with E-state index in [0.717, 1.165) is 31.7 Å². The highest BCUT2D eigenvalue weighted by Gasteiger charge is 2.28. The lowest BCUT2D eigenvalue weighted by molar-refractivity contribution is -0.122. The molecule has 0 radical (unpaired) electrons. The maximum Gasteiger partial charge on any atom is 0.237 e. The van der Waals surface area contributed by atoms with Crippen molar-refractivity contribution in [3.63, 3.8) is 0 Å². The number of benzene rings is 1. The lowest BCUT2D eigenvalue weighted by Crippen LogP contribution is -2.40. The molecule has 1 aromatic rings. The Hall–Kier alpha value is -1.04. The number of hydrogen-bond acceptors (Lipinski definition) is 4. The van der Waals surface area contributed by atoms with E-state index in [1.807, 2.05) is 30.0 Å². The predicted octanol–water partition coefficient (Wildman–Crippen LogP) is 1.66. The van der Waals surface area contributed by atoms with Crippen LogP contribution in [0.15, 0.2) is 35.2 Å². The number of thioether (sulfide) groups is 1. The quantitative estimate of drug-likeness (QED) is 0.593. The molecule has 1 saturated heterocycles. The Morgan fingerprint density at radius 2 is 2.25 bits per heavy atom. The molecule has 110 valence electrons. The van der Waals surface area contributed by atoms with Gasteiger partial charge in [0.25, 0.3) is 0 Å². The number of rotatable bonds is 7. The zero-order chi connectivity index (χ0) is 14.2. The van der Waals surface area contributed by atoms with Crippen molar-refractivity contribution < 1.29 is 9.53 Å². The van der Waals surface area contributed by atoms with Crippen LogP contribution in [0, 0.1) is 0 Å². The van der Waals surface area contributed by atoms with Gasteiger partial charge in [-0.15, -0.1) is 11.8 Å². The average Bonchev–Trinajstić information content (AvgIpc) is 2.97. The first-order valence-corrected chi connectivity index (χ1v) is 8.00. The van der Waals surface area contributed by atoms with Crippen molar-refractivity contribution in [3.05, 3.63) is 30.3 Å². The molecular formula is C15H22N2O2S. The summed E-state index contributed by atoms with van der Waals surface area (Å²) in [6, 6.07) is 10.2. The van der Waals surface area contributed by atoms with Gasteiger partial charge in [0.05, 0.1) is 12.1 Å². The molecule has 0 saturated carbocycles. The van der Waals surface area contributed by atoms with Gasteiger partial charge in [0.15, 0.2) is 0 Å². The number of hydrogen-bond donors (Lipinski definition) is 2. The topological polar surface area (TPSA) is 50.4 Å². The van der Waals surface area contributed by atoms with Crippen LogP contribution < -0.4 is 10.6 Å². The van der Waals surface area contributed by atoms with E-state index in [0.29, 0.717) is 0 Å². The zero-order valence-electron chi connectivity index (χ0n) is 11.8. The van der Waals surface area contributed by atoms with E-state index in [9.17, 15) is 4.79 Å². The van der Waals surface area contributed by atoms with Crippen LogP contribution in [0.1, 0.15) is 12.8 Å². The van der Waals surface area contributed by atoms with Crippen molar-refractivity contribution in [1.82, 2.24) is 10.6 Å². The van der Waals surface area contributed by atoms with E-state index in [1.54, 1.807) is 7.11 Å². The third-order valence-electron chi connectivity index (χ3n) is 3.37. The summed E-state index contributed by atoms with van der Waals surface area (Å²) < 4.78 is 5.24. The molecule has 1 aliphatic heterocycles. The minimum absolute atomic E-state index is 0.0919. The lowest BCUT2D eigenvalue weighted by atomic mass is 10.2. The van der Waals surface area contributed by atoms with Crippen molar-refractivity contribution in [2.45, 2.75) is 29.9 Å². The fourth-order valence-corrected chi connectivity index (χ4v) is 3.07. The van der Waals surface area contributed by atoms with E-state index in [-0.39, 0.29) is 18.1 Å². The third-order valence-corrected chi connectivity index (χ3v) is 4.47. The molecule has 0 bridgehead atoms. The Kier molecular flexibility index (Phi) is 6.36. The molecule has 2 rings (SSSR count). The molecule has 1 heterocycles. The van der Waals surface area contributed by atoms with Gasteiger partial charge in [0, 0.05) is 25.1 Å². The van der Waals surface area contributed by atoms with E-state index in [4.69, 9.17) is 4.74 Å². The highest BCUT2D eigenvalue weighted by molar-refractivity contribution is 7.99. The summed E-state index contributed by atoms with van der Waals surface area (Å²) in [5, 5.41) is 6.17. The number of carbonyl (C=O) groups is 1. The standard InChI is InChI=1S/C15H22N2O2S/c1-19-12-10-14(17-11-12)15(18)16-8-5-9-20-13-6-3-2-4-7-13/h2-4,6-7,12,14,17H,5,8-11H2,1H3,(H,16,18)/t12-,14+/m0/s1. The van der Waals surface area contributed by atoms with Crippen LogP contribution in [0.3, 0.4) is 0 Å². The highest BCUT2D eigenvalue weighted by Crippen LogP contribution is 2.17. The van der Waals surface area contributed by atoms with Crippen LogP contribution >= 0.6 is 11.8 Å². The monoisotopic (exact) mass is 294 g/mol. The molecule has 0 spiro atoms. The van der Waals surface area contributed by atoms with Crippen LogP contribution in [0.25, 0.3) is 0 Å². The molecule has 5 heteroatoms. The molecule has 1 amide bonds. The number of methoxy groups -OCH3 is 1. The van der Waals surface area contributed by atoms with Gasteiger partial charge in [-0.3, -0.25) is 4.79 Å². The van der Waals surface area contributed by atoms with Gasteiger partial charge >= 0.3 is 0 Å². The first kappa shape index (κ1) is 15.4. The second-order valence-electron chi connectivity index (χ2n) is 4.86. The van der Waals surface area contributed by atoms with Crippen molar-refractivity contribution in [1.29, 1.82) is 0 Å². The van der Waals surface area contributed by atoms with Gasteiger partial charge < -0.3 is 15.4 Å². The molecular weight excluding hydrogens is 272 g/mol. The van der Waals surface area contributed by atoms with E-state index in [1.165, 1.54) is 4.90 Å². The zero-order valence-corrected chi connectivity index (χ0v) is 12.6. The predicted molar refractivity (Wildman–Crippen MR) is 82.0 cm³/mol. The smallest absolute Gasteiger partial charge is 0.237 e. The fraction of sp³-hybridized carbons (Fsp3) is 0.533. The fourth-order valence-electron chi connectivity index (χ4n) is 2.20. The summed E-state index contributed by atoms with van der Waals surface area (Å²) >= 11 is 1.82. The van der Waals surface area contributed by atoms with Crippen LogP contribution in [0.5, 0.6) is 0 Å². The Morgan fingerprint density at radius 1 is 1.45 bits per heavy atom. The van der Waals surface area contributed by atoms with E-state index < -0.39 is 0 Å². The number of nitrogens with one attached hydrogen (secondary N) is 2. The van der Waals surface area contributed by atoms with Gasteiger partial charge in [-0.05, 0) is 30.7 Å². The van der Waals surface area contributed by atoms with Gasteiger partial charge in [0.2, 0.25) is 5.91 Å². The molecule has 0 unspecified atom stereocenters. The molecule has 1 aliphatic rings. The van der Waals surface area contributed by atoms with Crippen molar-refractivity contribution in [2.75, 3.05) is 26.0 Å². The highest BCUT2D eigenvalue weighted by atomic mass is 32.2. The second kappa shape index (κ2) is 8.29. The van der Waals surface area contributed by atoms with E-state index >= 15 is 0 Å². The molecule has 2 N–H and O–H groups in total. The van der Waals surface area contributed by atoms with Crippen LogP contribution in [-0.4, -0.2) is 44.0 Å². The van der Waals surface area contributed by atoms with Crippen LogP contribution in [0.2, 0.25) is 0 Å². The summed E-state index contributed by atoms with van der Waals surface area (Å²) in [6.07, 6.45) is 1.91. The summed E-state index contributed by atoms with van der Waals surface area (Å²) in [7, 11) is 1.69. The summed E-state index contributed by atoms with van der Waals surface area (Å²) in [5.74, 6) is 1.11. The summed E-state index contributed by atoms with van der Waals surface area (Å²) in [4.78, 5) is 13.2. The number of amides is 1. The normalized spacial score (nSPS) is 21.9. The first-order valence-electron chi connectivity index (χ1n) is 7.01. The Bertz CT molecular complexity index is 414. The first-order chi connectivity index (χ1) is 9.79. The number of carbonyl (C=O) groups excluding carboxylic acids is 1. The molecule has 0 aromatic heterocycles. The van der Waals surface area contributed by atoms with Crippen molar-refractivity contribution >= 4 is 17.7 Å². The summed E-state index contributed by atoms with van der Waals surface area (Å²) in [5.41, 5.74) is 0.